The number of hydrogen-bond donors (Lipinski definition) is 1. The molecule has 194 valence electrons. The van der Waals surface area contributed by atoms with E-state index < -0.39 is 4.92 Å². The summed E-state index contributed by atoms with van der Waals surface area (Å²) in [7, 11) is 0. The van der Waals surface area contributed by atoms with Crippen molar-refractivity contribution >= 4 is 29.2 Å². The molecule has 0 aliphatic carbocycles. The minimum Gasteiger partial charge on any atom is -0.379 e. The fraction of sp³-hybridized carbons (Fsp3) is 0.321. The second-order valence-corrected chi connectivity index (χ2v) is 10.3. The Kier molecular flexibility index (Phi) is 9.16. The number of nitro groups is 1. The van der Waals surface area contributed by atoms with Crippen molar-refractivity contribution in [1.29, 1.82) is 0 Å². The zero-order chi connectivity index (χ0) is 26.2. The van der Waals surface area contributed by atoms with Crippen LogP contribution in [-0.4, -0.2) is 60.1 Å². The van der Waals surface area contributed by atoms with E-state index in [1.807, 2.05) is 62.4 Å². The average molecular weight is 521 g/mol. The number of ether oxygens (including phenoxy) is 1. The number of carbonyl (C=O) groups excluding carboxylic acids is 1. The monoisotopic (exact) mass is 520 g/mol. The molecule has 2 amide bonds. The molecule has 0 radical (unpaired) electrons. The summed E-state index contributed by atoms with van der Waals surface area (Å²) in [4.78, 5) is 30.6. The standard InChI is InChI=1S/C28H32N4O4S/c1-21-6-9-26(10-7-21)37-27-11-8-25(32(34)35)19-23(27)20-31(13-12-30-14-16-36-17-15-30)28(33)29-24-5-3-4-22(2)18-24/h3-11,18-19H,12-17,20H2,1-2H3,(H,29,33). The van der Waals surface area contributed by atoms with Crippen LogP contribution in [0.1, 0.15) is 16.7 Å². The molecule has 1 heterocycles. The molecule has 0 saturated carbocycles. The molecule has 1 aliphatic heterocycles. The van der Waals surface area contributed by atoms with Crippen LogP contribution in [0.4, 0.5) is 16.2 Å². The lowest BCUT2D eigenvalue weighted by molar-refractivity contribution is -0.385. The number of urea groups is 1. The summed E-state index contributed by atoms with van der Waals surface area (Å²) in [5.41, 5.74) is 3.68. The number of morpholine rings is 1. The number of carbonyl (C=O) groups is 1. The van der Waals surface area contributed by atoms with E-state index in [-0.39, 0.29) is 18.3 Å². The van der Waals surface area contributed by atoms with E-state index in [0.29, 0.717) is 26.3 Å². The first-order chi connectivity index (χ1) is 17.9. The lowest BCUT2D eigenvalue weighted by Crippen LogP contribution is -2.44. The van der Waals surface area contributed by atoms with Crippen LogP contribution in [0.15, 0.2) is 76.5 Å². The number of hydrogen-bond acceptors (Lipinski definition) is 6. The minimum absolute atomic E-state index is 0.00970. The van der Waals surface area contributed by atoms with Gasteiger partial charge in [0.1, 0.15) is 0 Å². The Morgan fingerprint density at radius 1 is 1.05 bits per heavy atom. The molecule has 37 heavy (non-hydrogen) atoms. The first kappa shape index (κ1) is 26.7. The first-order valence-electron chi connectivity index (χ1n) is 12.3. The lowest BCUT2D eigenvalue weighted by atomic mass is 10.2. The zero-order valence-electron chi connectivity index (χ0n) is 21.2. The highest BCUT2D eigenvalue weighted by Crippen LogP contribution is 2.33. The van der Waals surface area contributed by atoms with Gasteiger partial charge in [-0.05, 0) is 55.3 Å². The number of anilines is 1. The molecule has 9 heteroatoms. The Hall–Kier alpha value is -3.40. The smallest absolute Gasteiger partial charge is 0.322 e. The molecule has 1 N–H and O–H groups in total. The number of amides is 2. The molecule has 0 bridgehead atoms. The van der Waals surface area contributed by atoms with Gasteiger partial charge in [0, 0.05) is 60.3 Å². The van der Waals surface area contributed by atoms with Crippen LogP contribution in [0, 0.1) is 24.0 Å². The number of non-ortho nitro benzene ring substituents is 1. The van der Waals surface area contributed by atoms with Gasteiger partial charge in [-0.3, -0.25) is 15.0 Å². The third-order valence-electron chi connectivity index (χ3n) is 6.21. The van der Waals surface area contributed by atoms with Crippen molar-refractivity contribution in [3.05, 3.63) is 93.5 Å². The Bertz CT molecular complexity index is 1230. The molecule has 8 nitrogen and oxygen atoms in total. The van der Waals surface area contributed by atoms with Gasteiger partial charge in [0.2, 0.25) is 0 Å². The summed E-state index contributed by atoms with van der Waals surface area (Å²) < 4.78 is 5.45. The number of aryl methyl sites for hydroxylation is 2. The van der Waals surface area contributed by atoms with E-state index in [4.69, 9.17) is 4.74 Å². The highest BCUT2D eigenvalue weighted by atomic mass is 32.2. The quantitative estimate of drug-likeness (QED) is 0.286. The van der Waals surface area contributed by atoms with Gasteiger partial charge in [-0.1, -0.05) is 41.6 Å². The normalized spacial score (nSPS) is 13.8. The molecule has 1 aliphatic rings. The minimum atomic E-state index is -0.394. The van der Waals surface area contributed by atoms with Gasteiger partial charge in [-0.2, -0.15) is 0 Å². The Morgan fingerprint density at radius 2 is 1.81 bits per heavy atom. The van der Waals surface area contributed by atoms with E-state index in [9.17, 15) is 14.9 Å². The van der Waals surface area contributed by atoms with Crippen LogP contribution < -0.4 is 5.32 Å². The molecule has 0 spiro atoms. The maximum absolute atomic E-state index is 13.5. The van der Waals surface area contributed by atoms with Crippen LogP contribution >= 0.6 is 11.8 Å². The van der Waals surface area contributed by atoms with Crippen molar-refractivity contribution in [2.24, 2.45) is 0 Å². The van der Waals surface area contributed by atoms with Gasteiger partial charge in [-0.15, -0.1) is 0 Å². The predicted octanol–water partition coefficient (Wildman–Crippen LogP) is 5.73. The van der Waals surface area contributed by atoms with Crippen molar-refractivity contribution in [1.82, 2.24) is 9.80 Å². The zero-order valence-corrected chi connectivity index (χ0v) is 22.0. The van der Waals surface area contributed by atoms with Gasteiger partial charge >= 0.3 is 6.03 Å². The summed E-state index contributed by atoms with van der Waals surface area (Å²) in [6, 6.07) is 20.4. The van der Waals surface area contributed by atoms with Crippen molar-refractivity contribution in [3.8, 4) is 0 Å². The molecular formula is C28H32N4O4S. The molecule has 0 atom stereocenters. The molecule has 3 aromatic rings. The van der Waals surface area contributed by atoms with Crippen LogP contribution in [0.3, 0.4) is 0 Å². The van der Waals surface area contributed by atoms with E-state index in [1.165, 1.54) is 6.07 Å². The van der Waals surface area contributed by atoms with Gasteiger partial charge < -0.3 is 15.0 Å². The third-order valence-corrected chi connectivity index (χ3v) is 7.34. The second kappa shape index (κ2) is 12.7. The van der Waals surface area contributed by atoms with E-state index in [0.717, 1.165) is 45.3 Å². The van der Waals surface area contributed by atoms with Crippen molar-refractivity contribution in [2.75, 3.05) is 44.7 Å². The molecule has 1 saturated heterocycles. The Labute approximate surface area is 221 Å². The van der Waals surface area contributed by atoms with Crippen molar-refractivity contribution in [2.45, 2.75) is 30.2 Å². The number of nitrogens with one attached hydrogen (secondary N) is 1. The average Bonchev–Trinajstić information content (AvgIpc) is 2.89. The number of rotatable bonds is 9. The molecule has 1 fully saturated rings. The first-order valence-corrected chi connectivity index (χ1v) is 13.1. The lowest BCUT2D eigenvalue weighted by Gasteiger charge is -2.30. The van der Waals surface area contributed by atoms with Gasteiger partial charge in [0.15, 0.2) is 0 Å². The summed E-state index contributed by atoms with van der Waals surface area (Å²) in [6.07, 6.45) is 0. The van der Waals surface area contributed by atoms with Gasteiger partial charge in [-0.25, -0.2) is 4.79 Å². The largest absolute Gasteiger partial charge is 0.379 e. The maximum atomic E-state index is 13.5. The third kappa shape index (κ3) is 7.79. The van der Waals surface area contributed by atoms with Crippen LogP contribution in [0.25, 0.3) is 0 Å². The molecule has 4 rings (SSSR count). The van der Waals surface area contributed by atoms with Gasteiger partial charge in [0.25, 0.3) is 5.69 Å². The van der Waals surface area contributed by atoms with E-state index in [2.05, 4.69) is 10.2 Å². The Balaban J connectivity index is 1.59. The van der Waals surface area contributed by atoms with Crippen molar-refractivity contribution in [3.63, 3.8) is 0 Å². The van der Waals surface area contributed by atoms with E-state index >= 15 is 0 Å². The van der Waals surface area contributed by atoms with Crippen LogP contribution in [0.2, 0.25) is 0 Å². The molecule has 0 unspecified atom stereocenters. The molecule has 3 aromatic carbocycles. The fourth-order valence-corrected chi connectivity index (χ4v) is 5.02. The SMILES string of the molecule is Cc1ccc(Sc2ccc([N+](=O)[O-])cc2CN(CCN2CCOCC2)C(=O)Nc2cccc(C)c2)cc1. The van der Waals surface area contributed by atoms with Crippen molar-refractivity contribution < 1.29 is 14.5 Å². The maximum Gasteiger partial charge on any atom is 0.322 e. The Morgan fingerprint density at radius 3 is 2.51 bits per heavy atom. The fourth-order valence-electron chi connectivity index (χ4n) is 4.11. The summed E-state index contributed by atoms with van der Waals surface area (Å²) in [5.74, 6) is 0. The summed E-state index contributed by atoms with van der Waals surface area (Å²) >= 11 is 1.54. The van der Waals surface area contributed by atoms with Gasteiger partial charge in [0.05, 0.1) is 18.1 Å². The van der Waals surface area contributed by atoms with Crippen LogP contribution in [0.5, 0.6) is 0 Å². The number of nitro benzene ring substituents is 1. The highest BCUT2D eigenvalue weighted by molar-refractivity contribution is 7.99. The summed E-state index contributed by atoms with van der Waals surface area (Å²) in [5, 5.41) is 14.6. The number of nitrogens with zero attached hydrogens (tertiary/aromatic N) is 3. The molecular weight excluding hydrogens is 488 g/mol. The second-order valence-electron chi connectivity index (χ2n) is 9.14. The number of benzene rings is 3. The highest BCUT2D eigenvalue weighted by Gasteiger charge is 2.21. The van der Waals surface area contributed by atoms with E-state index in [1.54, 1.807) is 28.8 Å². The van der Waals surface area contributed by atoms with Crippen LogP contribution in [-0.2, 0) is 11.3 Å². The topological polar surface area (TPSA) is 88.0 Å². The molecule has 0 aromatic heterocycles. The summed E-state index contributed by atoms with van der Waals surface area (Å²) in [6.45, 7) is 8.42. The predicted molar refractivity (Wildman–Crippen MR) is 146 cm³/mol.